The van der Waals surface area contributed by atoms with Gasteiger partial charge in [0.25, 0.3) is 0 Å². The molecule has 0 radical (unpaired) electrons. The molecule has 134 valence electrons. The van der Waals surface area contributed by atoms with Gasteiger partial charge in [-0.25, -0.2) is 0 Å². The number of aromatic amines is 1. The van der Waals surface area contributed by atoms with E-state index < -0.39 is 0 Å². The number of aromatic nitrogens is 2. The highest BCUT2D eigenvalue weighted by Gasteiger charge is 2.21. The molecule has 2 rings (SSSR count). The van der Waals surface area contributed by atoms with Crippen molar-refractivity contribution in [3.05, 3.63) is 64.6 Å². The van der Waals surface area contributed by atoms with Gasteiger partial charge in [-0.1, -0.05) is 56.4 Å². The van der Waals surface area contributed by atoms with Gasteiger partial charge in [0.2, 0.25) is 7.41 Å². The van der Waals surface area contributed by atoms with Gasteiger partial charge in [-0.05, 0) is 39.8 Å². The number of H-pyrrole nitrogens is 1. The number of allylic oxidation sites excluding steroid dienone is 3. The van der Waals surface area contributed by atoms with Gasteiger partial charge in [0.1, 0.15) is 0 Å². The second-order valence-electron chi connectivity index (χ2n) is 6.15. The third-order valence-electron chi connectivity index (χ3n) is 4.63. The Balaban J connectivity index is 3.14. The zero-order valence-electron chi connectivity index (χ0n) is 16.7. The summed E-state index contributed by atoms with van der Waals surface area (Å²) in [6.45, 7) is 18.5. The van der Waals surface area contributed by atoms with Crippen LogP contribution < -0.4 is 10.6 Å². The highest BCUT2D eigenvalue weighted by molar-refractivity contribution is 6.33. The number of nitrogens with one attached hydrogen (secondary N) is 1. The van der Waals surface area contributed by atoms with Gasteiger partial charge < -0.3 is 9.46 Å². The molecule has 0 saturated carbocycles. The molecule has 0 aliphatic heterocycles. The Kier molecular flexibility index (Phi) is 6.51. The van der Waals surface area contributed by atoms with E-state index >= 15 is 0 Å². The quantitative estimate of drug-likeness (QED) is 0.744. The van der Waals surface area contributed by atoms with Gasteiger partial charge in [0, 0.05) is 44.3 Å². The summed E-state index contributed by atoms with van der Waals surface area (Å²) in [7, 11) is 0.891. The molecule has 2 aromatic heterocycles. The summed E-state index contributed by atoms with van der Waals surface area (Å²) in [5.41, 5.74) is 7.19. The minimum Gasteiger partial charge on any atom is -0.389 e. The summed E-state index contributed by atoms with van der Waals surface area (Å²) >= 11 is 0. The smallest absolute Gasteiger partial charge is 0.239 e. The van der Waals surface area contributed by atoms with Gasteiger partial charge in [0.15, 0.2) is 0 Å². The van der Waals surface area contributed by atoms with E-state index in [1.54, 1.807) is 0 Å². The minimum absolute atomic E-state index is 0.891. The molecule has 0 saturated heterocycles. The Morgan fingerprint density at radius 3 is 2.19 bits per heavy atom. The summed E-state index contributed by atoms with van der Waals surface area (Å²) in [6, 6.07) is 0. The molecule has 0 bridgehead atoms. The minimum atomic E-state index is 0.891. The molecule has 0 unspecified atom stereocenters. The number of nitrogens with zero attached hydrogens (tertiary/aromatic N) is 1. The Morgan fingerprint density at radius 2 is 1.69 bits per heavy atom. The van der Waals surface area contributed by atoms with Gasteiger partial charge in [-0.15, -0.1) is 0 Å². The van der Waals surface area contributed by atoms with E-state index in [0.717, 1.165) is 24.2 Å². The maximum absolute atomic E-state index is 4.12. The third kappa shape index (κ3) is 3.22. The van der Waals surface area contributed by atoms with Crippen molar-refractivity contribution in [2.45, 2.75) is 34.5 Å². The van der Waals surface area contributed by atoms with Gasteiger partial charge in [0.05, 0.1) is 0 Å². The molecule has 2 aromatic rings. The van der Waals surface area contributed by atoms with Crippen LogP contribution in [0.15, 0.2) is 31.4 Å². The summed E-state index contributed by atoms with van der Waals surface area (Å²) in [5, 5.41) is 2.30. The number of hydrogen-bond acceptors (Lipinski definition) is 0. The molecule has 0 aliphatic rings. The van der Waals surface area contributed by atoms with Crippen molar-refractivity contribution in [1.29, 1.82) is 0 Å². The van der Waals surface area contributed by atoms with Crippen molar-refractivity contribution in [2.75, 3.05) is 0 Å². The van der Waals surface area contributed by atoms with Crippen molar-refractivity contribution in [2.24, 2.45) is 0 Å². The van der Waals surface area contributed by atoms with Crippen molar-refractivity contribution in [1.82, 2.24) is 9.46 Å². The number of rotatable bonds is 6. The first-order chi connectivity index (χ1) is 12.6. The fraction of sp³-hybridized carbons (Fsp3) is 0.217. The van der Waals surface area contributed by atoms with Crippen LogP contribution in [0.3, 0.4) is 0 Å². The molecule has 0 aromatic carbocycles. The van der Waals surface area contributed by atoms with E-state index in [0.29, 0.717) is 0 Å². The van der Waals surface area contributed by atoms with Crippen LogP contribution in [0.25, 0.3) is 41.5 Å². The first kappa shape index (κ1) is 19.6. The average Bonchev–Trinajstić information content (AvgIpc) is 3.10. The van der Waals surface area contributed by atoms with E-state index in [4.69, 9.17) is 0 Å². The maximum Gasteiger partial charge on any atom is 0.239 e. The van der Waals surface area contributed by atoms with Crippen molar-refractivity contribution < 1.29 is 0 Å². The van der Waals surface area contributed by atoms with Crippen LogP contribution in [0, 0.1) is 6.92 Å². The number of aryl methyl sites for hydroxylation is 1. The highest BCUT2D eigenvalue weighted by atomic mass is 14.9. The molecule has 2 nitrogen and oxygen atoms in total. The van der Waals surface area contributed by atoms with Crippen LogP contribution in [0.5, 0.6) is 0 Å². The van der Waals surface area contributed by atoms with Crippen molar-refractivity contribution in [3.8, 4) is 11.1 Å². The summed E-state index contributed by atoms with van der Waals surface area (Å²) < 4.78 is 2.33. The van der Waals surface area contributed by atoms with Crippen LogP contribution >= 0.6 is 0 Å². The molecule has 0 atom stereocenters. The molecule has 2 heterocycles. The van der Waals surface area contributed by atoms with E-state index in [2.05, 4.69) is 93.6 Å². The SMILES string of the molecule is C=C/C=c1/c(-c2c(/C=C\C)c(/C=C\C)n(BC)c2C=C)c(C)[nH]/c1=C/C. The number of hydrogen-bond donors (Lipinski definition) is 1. The second-order valence-corrected chi connectivity index (χ2v) is 6.15. The van der Waals surface area contributed by atoms with Crippen molar-refractivity contribution >= 4 is 37.8 Å². The Bertz CT molecular complexity index is 994. The predicted molar refractivity (Wildman–Crippen MR) is 121 cm³/mol. The maximum atomic E-state index is 4.12. The fourth-order valence-corrected chi connectivity index (χ4v) is 3.67. The molecular weight excluding hydrogens is 315 g/mol. The molecule has 3 heteroatoms. The highest BCUT2D eigenvalue weighted by Crippen LogP contribution is 2.34. The van der Waals surface area contributed by atoms with E-state index in [9.17, 15) is 0 Å². The van der Waals surface area contributed by atoms with Gasteiger partial charge >= 0.3 is 0 Å². The normalized spacial score (nSPS) is 13.3. The van der Waals surface area contributed by atoms with E-state index in [1.807, 2.05) is 12.2 Å². The molecule has 0 aliphatic carbocycles. The third-order valence-corrected chi connectivity index (χ3v) is 4.63. The van der Waals surface area contributed by atoms with Crippen molar-refractivity contribution in [3.63, 3.8) is 0 Å². The monoisotopic (exact) mass is 344 g/mol. The largest absolute Gasteiger partial charge is 0.389 e. The lowest BCUT2D eigenvalue weighted by molar-refractivity contribution is 1.18. The molecule has 26 heavy (non-hydrogen) atoms. The van der Waals surface area contributed by atoms with Crippen LogP contribution in [-0.4, -0.2) is 16.9 Å². The standard InChI is InChI=1S/C23H29BN2/c1-8-13-17-19(11-4)25-16(6)22(17)23-18(14-9-2)21(15-10-3)26(24-7)20(23)12-5/h8-15,24-25H,1,5H2,2-4,6-7H3/b14-9-,15-10-,17-13+,19-11+. The second kappa shape index (κ2) is 8.62. The Labute approximate surface area is 157 Å². The van der Waals surface area contributed by atoms with Crippen LogP contribution in [0.2, 0.25) is 6.82 Å². The Morgan fingerprint density at radius 1 is 1.00 bits per heavy atom. The van der Waals surface area contributed by atoms with E-state index in [-0.39, 0.29) is 0 Å². The molecule has 0 spiro atoms. The first-order valence-electron chi connectivity index (χ1n) is 9.21. The average molecular weight is 344 g/mol. The predicted octanol–water partition coefficient (Wildman–Crippen LogP) is 4.52. The lowest BCUT2D eigenvalue weighted by Crippen LogP contribution is -2.23. The lowest BCUT2D eigenvalue weighted by atomic mass is 9.96. The summed E-state index contributed by atoms with van der Waals surface area (Å²) in [6.07, 6.45) is 16.6. The van der Waals surface area contributed by atoms with Gasteiger partial charge in [-0.3, -0.25) is 0 Å². The molecular formula is C23H29BN2. The van der Waals surface area contributed by atoms with E-state index in [1.165, 1.54) is 27.6 Å². The lowest BCUT2D eigenvalue weighted by Gasteiger charge is -2.07. The first-order valence-corrected chi connectivity index (χ1v) is 9.21. The summed E-state index contributed by atoms with van der Waals surface area (Å²) in [5.74, 6) is 0. The molecule has 0 amide bonds. The van der Waals surface area contributed by atoms with Crippen LogP contribution in [-0.2, 0) is 0 Å². The molecule has 0 fully saturated rings. The van der Waals surface area contributed by atoms with Gasteiger partial charge in [-0.2, -0.15) is 0 Å². The topological polar surface area (TPSA) is 20.7 Å². The fourth-order valence-electron chi connectivity index (χ4n) is 3.67. The Hall–Kier alpha value is -2.68. The summed E-state index contributed by atoms with van der Waals surface area (Å²) in [4.78, 5) is 3.53. The van der Waals surface area contributed by atoms with Crippen LogP contribution in [0.4, 0.5) is 0 Å². The van der Waals surface area contributed by atoms with Crippen LogP contribution in [0.1, 0.15) is 43.4 Å². The zero-order valence-corrected chi connectivity index (χ0v) is 16.7. The molecule has 1 N–H and O–H groups in total. The zero-order chi connectivity index (χ0) is 19.3.